The van der Waals surface area contributed by atoms with Crippen LogP contribution in [-0.4, -0.2) is 40.2 Å². The Hall–Kier alpha value is -1.59. The molecule has 2 unspecified atom stereocenters. The first-order valence-corrected chi connectivity index (χ1v) is 8.20. The molecule has 0 aliphatic carbocycles. The molecule has 0 saturated heterocycles. The van der Waals surface area contributed by atoms with Crippen LogP contribution in [0.3, 0.4) is 0 Å². The number of hydrogen-bond donors (Lipinski definition) is 2. The van der Waals surface area contributed by atoms with Gasteiger partial charge in [0.25, 0.3) is 0 Å². The first kappa shape index (κ1) is 15.8. The van der Waals surface area contributed by atoms with Crippen LogP contribution < -0.4 is 5.32 Å². The molecular weight excluding hydrogens is 284 g/mol. The fraction of sp³-hybridized carbons (Fsp3) is 0.375. The normalized spacial score (nSPS) is 13.9. The van der Waals surface area contributed by atoms with Gasteiger partial charge in [0.1, 0.15) is 0 Å². The number of nitrogens with zero attached hydrogens (tertiary/aromatic N) is 1. The standard InChI is InChI=1S/C16H20N2O2S/c1-11(14(10-19)21-2)18-15(20)9-13-6-3-5-12-7-4-8-17-16(12)13/h3-8,11,14,19H,9-10H2,1-2H3,(H,18,20). The molecular formula is C16H20N2O2S. The summed E-state index contributed by atoms with van der Waals surface area (Å²) in [6.45, 7) is 1.97. The molecule has 112 valence electrons. The van der Waals surface area contributed by atoms with Gasteiger partial charge in [0, 0.05) is 22.9 Å². The quantitative estimate of drug-likeness (QED) is 0.857. The second-order valence-corrected chi connectivity index (χ2v) is 6.06. The highest BCUT2D eigenvalue weighted by Gasteiger charge is 2.18. The molecule has 0 spiro atoms. The number of nitrogens with one attached hydrogen (secondary N) is 1. The molecule has 1 amide bonds. The van der Waals surface area contributed by atoms with Crippen molar-refractivity contribution in [1.29, 1.82) is 0 Å². The summed E-state index contributed by atoms with van der Waals surface area (Å²) in [5.74, 6) is -0.0480. The minimum Gasteiger partial charge on any atom is -0.395 e. The molecule has 0 aliphatic heterocycles. The summed E-state index contributed by atoms with van der Waals surface area (Å²) in [7, 11) is 0. The van der Waals surface area contributed by atoms with Crippen molar-refractivity contribution in [3.63, 3.8) is 0 Å². The minimum atomic E-state index is -0.0690. The van der Waals surface area contributed by atoms with Crippen molar-refractivity contribution in [3.05, 3.63) is 42.1 Å². The zero-order chi connectivity index (χ0) is 15.2. The van der Waals surface area contributed by atoms with Gasteiger partial charge in [-0.3, -0.25) is 9.78 Å². The second kappa shape index (κ2) is 7.43. The predicted molar refractivity (Wildman–Crippen MR) is 87.4 cm³/mol. The fourth-order valence-electron chi connectivity index (χ4n) is 2.32. The highest BCUT2D eigenvalue weighted by atomic mass is 32.2. The highest BCUT2D eigenvalue weighted by Crippen LogP contribution is 2.17. The molecule has 1 aromatic carbocycles. The van der Waals surface area contributed by atoms with Crippen LogP contribution in [0.15, 0.2) is 36.5 Å². The number of aliphatic hydroxyl groups is 1. The van der Waals surface area contributed by atoms with Gasteiger partial charge >= 0.3 is 0 Å². The number of amides is 1. The number of fused-ring (bicyclic) bond motifs is 1. The van der Waals surface area contributed by atoms with Crippen LogP contribution in [0, 0.1) is 0 Å². The summed E-state index contributed by atoms with van der Waals surface area (Å²) in [5.41, 5.74) is 1.79. The maximum Gasteiger partial charge on any atom is 0.224 e. The van der Waals surface area contributed by atoms with Crippen molar-refractivity contribution in [2.24, 2.45) is 0 Å². The highest BCUT2D eigenvalue weighted by molar-refractivity contribution is 7.99. The Balaban J connectivity index is 2.08. The predicted octanol–water partition coefficient (Wildman–Crippen LogP) is 2.01. The van der Waals surface area contributed by atoms with Crippen molar-refractivity contribution >= 4 is 28.6 Å². The Labute approximate surface area is 129 Å². The number of aliphatic hydroxyl groups excluding tert-OH is 1. The van der Waals surface area contributed by atoms with E-state index in [0.29, 0.717) is 6.42 Å². The molecule has 0 bridgehead atoms. The summed E-state index contributed by atoms with van der Waals surface area (Å²) in [6, 6.07) is 9.66. The first-order valence-electron chi connectivity index (χ1n) is 6.91. The molecule has 0 fully saturated rings. The van der Waals surface area contributed by atoms with Gasteiger partial charge in [-0.05, 0) is 24.8 Å². The molecule has 4 nitrogen and oxygen atoms in total. The minimum absolute atomic E-state index is 0.0135. The summed E-state index contributed by atoms with van der Waals surface area (Å²) < 4.78 is 0. The zero-order valence-electron chi connectivity index (χ0n) is 12.2. The number of thioether (sulfide) groups is 1. The van der Waals surface area contributed by atoms with Crippen LogP contribution in [0.1, 0.15) is 12.5 Å². The molecule has 2 rings (SSSR count). The number of carbonyl (C=O) groups excluding carboxylic acids is 1. The first-order chi connectivity index (χ1) is 10.2. The van der Waals surface area contributed by atoms with Gasteiger partial charge in [0.2, 0.25) is 5.91 Å². The lowest BCUT2D eigenvalue weighted by Crippen LogP contribution is -2.41. The Morgan fingerprint density at radius 3 is 2.86 bits per heavy atom. The number of benzene rings is 1. The maximum atomic E-state index is 12.2. The number of hydrogen-bond acceptors (Lipinski definition) is 4. The van der Waals surface area contributed by atoms with E-state index in [1.54, 1.807) is 18.0 Å². The van der Waals surface area contributed by atoms with E-state index in [1.807, 2.05) is 43.5 Å². The van der Waals surface area contributed by atoms with E-state index < -0.39 is 0 Å². The van der Waals surface area contributed by atoms with Crippen molar-refractivity contribution in [2.45, 2.75) is 24.6 Å². The number of carbonyl (C=O) groups is 1. The van der Waals surface area contributed by atoms with Gasteiger partial charge in [-0.15, -0.1) is 0 Å². The smallest absolute Gasteiger partial charge is 0.224 e. The third-order valence-electron chi connectivity index (χ3n) is 3.50. The maximum absolute atomic E-state index is 12.2. The number of para-hydroxylation sites is 1. The summed E-state index contributed by atoms with van der Waals surface area (Å²) in [5, 5.41) is 13.3. The Bertz CT molecular complexity index is 609. The van der Waals surface area contributed by atoms with E-state index in [0.717, 1.165) is 16.5 Å². The lowest BCUT2D eigenvalue weighted by molar-refractivity contribution is -0.121. The van der Waals surface area contributed by atoms with Gasteiger partial charge in [0.15, 0.2) is 0 Å². The molecule has 0 saturated carbocycles. The van der Waals surface area contributed by atoms with Crippen LogP contribution in [0.5, 0.6) is 0 Å². The van der Waals surface area contributed by atoms with Crippen LogP contribution in [0.25, 0.3) is 10.9 Å². The summed E-state index contributed by atoms with van der Waals surface area (Å²) in [4.78, 5) is 16.5. The van der Waals surface area contributed by atoms with Gasteiger partial charge in [0.05, 0.1) is 18.5 Å². The number of rotatable bonds is 6. The third-order valence-corrected chi connectivity index (χ3v) is 4.66. The van der Waals surface area contributed by atoms with E-state index in [-0.39, 0.29) is 23.8 Å². The molecule has 2 atom stereocenters. The molecule has 0 aliphatic rings. The second-order valence-electron chi connectivity index (χ2n) is 4.98. The van der Waals surface area contributed by atoms with Gasteiger partial charge in [-0.25, -0.2) is 0 Å². The number of pyridine rings is 1. The SMILES string of the molecule is CSC(CO)C(C)NC(=O)Cc1cccc2cccnc12. The average molecular weight is 304 g/mol. The van der Waals surface area contributed by atoms with E-state index >= 15 is 0 Å². The van der Waals surface area contributed by atoms with E-state index in [1.165, 1.54) is 0 Å². The molecule has 0 radical (unpaired) electrons. The van der Waals surface area contributed by atoms with Crippen LogP contribution in [0.4, 0.5) is 0 Å². The lowest BCUT2D eigenvalue weighted by Gasteiger charge is -2.21. The third kappa shape index (κ3) is 3.95. The Morgan fingerprint density at radius 1 is 1.38 bits per heavy atom. The fourth-order valence-corrected chi connectivity index (χ4v) is 2.94. The van der Waals surface area contributed by atoms with Crippen LogP contribution in [0.2, 0.25) is 0 Å². The van der Waals surface area contributed by atoms with Gasteiger partial charge in [-0.2, -0.15) is 11.8 Å². The summed E-state index contributed by atoms with van der Waals surface area (Å²) >= 11 is 1.55. The Kier molecular flexibility index (Phi) is 5.59. The van der Waals surface area contributed by atoms with Crippen molar-refractivity contribution < 1.29 is 9.90 Å². The zero-order valence-corrected chi connectivity index (χ0v) is 13.1. The Morgan fingerprint density at radius 2 is 2.14 bits per heavy atom. The van der Waals surface area contributed by atoms with Crippen LogP contribution in [-0.2, 0) is 11.2 Å². The topological polar surface area (TPSA) is 62.2 Å². The van der Waals surface area contributed by atoms with Crippen LogP contribution >= 0.6 is 11.8 Å². The molecule has 2 N–H and O–H groups in total. The lowest BCUT2D eigenvalue weighted by atomic mass is 10.1. The molecule has 1 heterocycles. The van der Waals surface area contributed by atoms with E-state index in [2.05, 4.69) is 10.3 Å². The van der Waals surface area contributed by atoms with Crippen molar-refractivity contribution in [2.75, 3.05) is 12.9 Å². The van der Waals surface area contributed by atoms with E-state index in [9.17, 15) is 9.90 Å². The van der Waals surface area contributed by atoms with Crippen molar-refractivity contribution in [1.82, 2.24) is 10.3 Å². The monoisotopic (exact) mass is 304 g/mol. The molecule has 2 aromatic rings. The number of aromatic nitrogens is 1. The summed E-state index contributed by atoms with van der Waals surface area (Å²) in [6.07, 6.45) is 3.96. The average Bonchev–Trinajstić information content (AvgIpc) is 2.48. The van der Waals surface area contributed by atoms with E-state index in [4.69, 9.17) is 0 Å². The van der Waals surface area contributed by atoms with Gasteiger partial charge < -0.3 is 10.4 Å². The molecule has 21 heavy (non-hydrogen) atoms. The molecule has 5 heteroatoms. The largest absolute Gasteiger partial charge is 0.395 e. The van der Waals surface area contributed by atoms with Gasteiger partial charge in [-0.1, -0.05) is 24.3 Å². The van der Waals surface area contributed by atoms with Crippen molar-refractivity contribution in [3.8, 4) is 0 Å². The molecule has 1 aromatic heterocycles.